The third-order valence-corrected chi connectivity index (χ3v) is 5.94. The number of carbonyl (C=O) groups is 1. The van der Waals surface area contributed by atoms with Gasteiger partial charge in [0.25, 0.3) is 0 Å². The fraction of sp³-hybridized carbons (Fsp3) is 0.480. The van der Waals surface area contributed by atoms with E-state index in [0.717, 1.165) is 17.2 Å². The van der Waals surface area contributed by atoms with Crippen molar-refractivity contribution in [1.82, 2.24) is 0 Å². The Labute approximate surface area is 164 Å². The highest BCUT2D eigenvalue weighted by Gasteiger charge is 2.22. The largest absolute Gasteiger partial charge is 0.326 e. The number of nitrogens with one attached hydrogen (secondary N) is 1. The Kier molecular flexibility index (Phi) is 7.50. The standard InChI is InChI=1S/C25H33NO/c1-2-3-5-8-20-11-13-22(14-12-20)23-15-17-24(18-16-23)26-25(27)19-21-9-6-4-7-10-21/h4,6-7,9-10,15-18,20,22H,2-3,5,8,11-14,19H2,1H3,(H,26,27). The maximum atomic E-state index is 12.2. The predicted octanol–water partition coefficient (Wildman–Crippen LogP) is 6.72. The lowest BCUT2D eigenvalue weighted by atomic mass is 9.77. The molecular formula is C25H33NO. The second-order valence-electron chi connectivity index (χ2n) is 8.05. The molecule has 1 N–H and O–H groups in total. The highest BCUT2D eigenvalue weighted by atomic mass is 16.1. The van der Waals surface area contributed by atoms with Crippen LogP contribution in [0.4, 0.5) is 5.69 Å². The van der Waals surface area contributed by atoms with E-state index in [1.54, 1.807) is 0 Å². The van der Waals surface area contributed by atoms with Gasteiger partial charge in [-0.25, -0.2) is 0 Å². The van der Waals surface area contributed by atoms with Gasteiger partial charge in [0, 0.05) is 5.69 Å². The number of hydrogen-bond donors (Lipinski definition) is 1. The first-order valence-corrected chi connectivity index (χ1v) is 10.7. The molecule has 0 radical (unpaired) electrons. The van der Waals surface area contributed by atoms with Crippen molar-refractivity contribution >= 4 is 11.6 Å². The van der Waals surface area contributed by atoms with Gasteiger partial charge in [0.05, 0.1) is 6.42 Å². The fourth-order valence-electron chi connectivity index (χ4n) is 4.29. The van der Waals surface area contributed by atoms with Crippen molar-refractivity contribution in [1.29, 1.82) is 0 Å². The van der Waals surface area contributed by atoms with E-state index in [-0.39, 0.29) is 5.91 Å². The van der Waals surface area contributed by atoms with Gasteiger partial charge in [-0.15, -0.1) is 0 Å². The molecule has 0 saturated heterocycles. The number of benzene rings is 2. The van der Waals surface area contributed by atoms with Gasteiger partial charge in [0.1, 0.15) is 0 Å². The van der Waals surface area contributed by atoms with Crippen molar-refractivity contribution in [2.45, 2.75) is 70.6 Å². The van der Waals surface area contributed by atoms with Crippen molar-refractivity contribution in [3.05, 3.63) is 65.7 Å². The first-order chi connectivity index (χ1) is 13.2. The number of carbonyl (C=O) groups excluding carboxylic acids is 1. The van der Waals surface area contributed by atoms with Gasteiger partial charge in [-0.2, -0.15) is 0 Å². The van der Waals surface area contributed by atoms with Crippen LogP contribution < -0.4 is 5.32 Å². The second kappa shape index (κ2) is 10.3. The minimum Gasteiger partial charge on any atom is -0.326 e. The number of unbranched alkanes of at least 4 members (excludes halogenated alkanes) is 2. The number of amides is 1. The van der Waals surface area contributed by atoms with Crippen LogP contribution in [0, 0.1) is 5.92 Å². The van der Waals surface area contributed by atoms with Crippen LogP contribution >= 0.6 is 0 Å². The maximum absolute atomic E-state index is 12.2. The third-order valence-electron chi connectivity index (χ3n) is 5.94. The predicted molar refractivity (Wildman–Crippen MR) is 114 cm³/mol. The van der Waals surface area contributed by atoms with Crippen LogP contribution in [0.5, 0.6) is 0 Å². The average Bonchev–Trinajstić information content (AvgIpc) is 2.70. The second-order valence-corrected chi connectivity index (χ2v) is 8.05. The average molecular weight is 364 g/mol. The minimum atomic E-state index is 0.0431. The molecule has 1 aliphatic carbocycles. The van der Waals surface area contributed by atoms with E-state index in [2.05, 4.69) is 36.5 Å². The first-order valence-electron chi connectivity index (χ1n) is 10.7. The molecule has 0 unspecified atom stereocenters. The van der Waals surface area contributed by atoms with Crippen LogP contribution in [0.1, 0.15) is 75.3 Å². The SMILES string of the molecule is CCCCCC1CCC(c2ccc(NC(=O)Cc3ccccc3)cc2)CC1. The summed E-state index contributed by atoms with van der Waals surface area (Å²) in [5.41, 5.74) is 3.37. The molecule has 27 heavy (non-hydrogen) atoms. The summed E-state index contributed by atoms with van der Waals surface area (Å²) in [5, 5.41) is 3.02. The highest BCUT2D eigenvalue weighted by molar-refractivity contribution is 5.92. The third kappa shape index (κ3) is 6.23. The molecule has 144 valence electrons. The molecule has 2 aromatic rings. The zero-order valence-corrected chi connectivity index (χ0v) is 16.6. The fourth-order valence-corrected chi connectivity index (χ4v) is 4.29. The Hall–Kier alpha value is -2.09. The monoisotopic (exact) mass is 363 g/mol. The molecular weight excluding hydrogens is 330 g/mol. The van der Waals surface area contributed by atoms with E-state index >= 15 is 0 Å². The van der Waals surface area contributed by atoms with E-state index in [9.17, 15) is 4.79 Å². The van der Waals surface area contributed by atoms with Gasteiger partial charge < -0.3 is 5.32 Å². The van der Waals surface area contributed by atoms with E-state index in [4.69, 9.17) is 0 Å². The Bertz CT molecular complexity index is 684. The topological polar surface area (TPSA) is 29.1 Å². The Morgan fingerprint density at radius 3 is 2.30 bits per heavy atom. The molecule has 2 aromatic carbocycles. The Morgan fingerprint density at radius 1 is 0.926 bits per heavy atom. The highest BCUT2D eigenvalue weighted by Crippen LogP contribution is 2.38. The zero-order valence-electron chi connectivity index (χ0n) is 16.6. The molecule has 1 fully saturated rings. The van der Waals surface area contributed by atoms with Gasteiger partial charge in [0.15, 0.2) is 0 Å². The summed E-state index contributed by atoms with van der Waals surface area (Å²) in [6.45, 7) is 2.28. The minimum absolute atomic E-state index is 0.0431. The summed E-state index contributed by atoms with van der Waals surface area (Å²) in [7, 11) is 0. The maximum Gasteiger partial charge on any atom is 0.228 e. The van der Waals surface area contributed by atoms with Crippen molar-refractivity contribution in [3.63, 3.8) is 0 Å². The Balaban J connectivity index is 1.45. The summed E-state index contributed by atoms with van der Waals surface area (Å²) >= 11 is 0. The molecule has 0 spiro atoms. The van der Waals surface area contributed by atoms with E-state index in [0.29, 0.717) is 12.3 Å². The van der Waals surface area contributed by atoms with Crippen LogP contribution in [-0.2, 0) is 11.2 Å². The summed E-state index contributed by atoms with van der Waals surface area (Å²) in [6.07, 6.45) is 11.3. The summed E-state index contributed by atoms with van der Waals surface area (Å²) in [6, 6.07) is 18.4. The van der Waals surface area contributed by atoms with Crippen molar-refractivity contribution in [3.8, 4) is 0 Å². The quantitative estimate of drug-likeness (QED) is 0.518. The van der Waals surface area contributed by atoms with Crippen LogP contribution in [0.15, 0.2) is 54.6 Å². The molecule has 1 amide bonds. The molecule has 0 atom stereocenters. The molecule has 0 aliphatic heterocycles. The molecule has 1 saturated carbocycles. The molecule has 0 bridgehead atoms. The van der Waals surface area contributed by atoms with E-state index in [1.165, 1.54) is 56.9 Å². The van der Waals surface area contributed by atoms with Gasteiger partial charge in [-0.3, -0.25) is 4.79 Å². The van der Waals surface area contributed by atoms with Gasteiger partial charge in [0.2, 0.25) is 5.91 Å². The molecule has 3 rings (SSSR count). The van der Waals surface area contributed by atoms with Crippen LogP contribution in [-0.4, -0.2) is 5.91 Å². The van der Waals surface area contributed by atoms with Crippen molar-refractivity contribution in [2.75, 3.05) is 5.32 Å². The lowest BCUT2D eigenvalue weighted by molar-refractivity contribution is -0.115. The van der Waals surface area contributed by atoms with Crippen molar-refractivity contribution in [2.24, 2.45) is 5.92 Å². The number of rotatable bonds is 8. The molecule has 2 nitrogen and oxygen atoms in total. The zero-order chi connectivity index (χ0) is 18.9. The number of hydrogen-bond acceptors (Lipinski definition) is 1. The summed E-state index contributed by atoms with van der Waals surface area (Å²) in [5.74, 6) is 1.69. The van der Waals surface area contributed by atoms with Gasteiger partial charge >= 0.3 is 0 Å². The van der Waals surface area contributed by atoms with Crippen LogP contribution in [0.2, 0.25) is 0 Å². The smallest absolute Gasteiger partial charge is 0.228 e. The lowest BCUT2D eigenvalue weighted by Gasteiger charge is -2.29. The van der Waals surface area contributed by atoms with E-state index in [1.807, 2.05) is 30.3 Å². The van der Waals surface area contributed by atoms with Gasteiger partial charge in [-0.05, 0) is 60.8 Å². The van der Waals surface area contributed by atoms with Crippen LogP contribution in [0.25, 0.3) is 0 Å². The molecule has 2 heteroatoms. The molecule has 1 aliphatic rings. The normalized spacial score (nSPS) is 19.6. The first kappa shape index (κ1) is 19.7. The van der Waals surface area contributed by atoms with Crippen LogP contribution in [0.3, 0.4) is 0 Å². The summed E-state index contributed by atoms with van der Waals surface area (Å²) in [4.78, 5) is 12.2. The molecule has 0 aromatic heterocycles. The van der Waals surface area contributed by atoms with Crippen molar-refractivity contribution < 1.29 is 4.79 Å². The number of anilines is 1. The summed E-state index contributed by atoms with van der Waals surface area (Å²) < 4.78 is 0. The Morgan fingerprint density at radius 2 is 1.63 bits per heavy atom. The lowest BCUT2D eigenvalue weighted by Crippen LogP contribution is -2.15. The molecule has 0 heterocycles. The van der Waals surface area contributed by atoms with Gasteiger partial charge in [-0.1, -0.05) is 75.1 Å². The van der Waals surface area contributed by atoms with E-state index < -0.39 is 0 Å².